The van der Waals surface area contributed by atoms with Gasteiger partial charge in [-0.3, -0.25) is 4.79 Å². The number of carbonyl (C=O) groups excluding carboxylic acids is 2. The summed E-state index contributed by atoms with van der Waals surface area (Å²) in [6.07, 6.45) is 0.141. The number of esters is 1. The fraction of sp³-hybridized carbons (Fsp3) is 0.261. The first-order valence-electron chi connectivity index (χ1n) is 9.38. The number of hydrogen-bond donors (Lipinski definition) is 0. The summed E-state index contributed by atoms with van der Waals surface area (Å²) in [6, 6.07) is 16.4. The Morgan fingerprint density at radius 1 is 1.24 bits per heavy atom. The molecule has 6 heteroatoms. The maximum Gasteiger partial charge on any atom is 0.336 e. The molecular weight excluding hydrogens is 388 g/mol. The van der Waals surface area contributed by atoms with Crippen LogP contribution in [0.5, 0.6) is 0 Å². The van der Waals surface area contributed by atoms with E-state index in [0.29, 0.717) is 21.9 Å². The van der Waals surface area contributed by atoms with Gasteiger partial charge in [0.2, 0.25) is 5.91 Å². The molecule has 0 aromatic heterocycles. The Labute approximate surface area is 175 Å². The molecule has 0 spiro atoms. The molecular formula is C23H21ClN2O3. The maximum absolute atomic E-state index is 13.0. The van der Waals surface area contributed by atoms with Crippen molar-refractivity contribution in [1.82, 2.24) is 4.90 Å². The largest absolute Gasteiger partial charge is 0.463 e. The molecule has 1 aliphatic heterocycles. The smallest absolute Gasteiger partial charge is 0.336 e. The number of benzene rings is 2. The van der Waals surface area contributed by atoms with E-state index in [9.17, 15) is 14.9 Å². The Morgan fingerprint density at radius 2 is 1.93 bits per heavy atom. The van der Waals surface area contributed by atoms with E-state index < -0.39 is 11.9 Å². The van der Waals surface area contributed by atoms with Crippen molar-refractivity contribution in [1.29, 1.82) is 5.26 Å². The van der Waals surface area contributed by atoms with Crippen molar-refractivity contribution in [3.05, 3.63) is 81.5 Å². The van der Waals surface area contributed by atoms with Crippen molar-refractivity contribution in [2.24, 2.45) is 0 Å². The summed E-state index contributed by atoms with van der Waals surface area (Å²) in [4.78, 5) is 27.4. The number of hydrogen-bond acceptors (Lipinski definition) is 4. The number of carbonyl (C=O) groups is 2. The van der Waals surface area contributed by atoms with E-state index in [-0.39, 0.29) is 25.5 Å². The number of halogens is 1. The van der Waals surface area contributed by atoms with E-state index in [2.05, 4.69) is 6.07 Å². The minimum atomic E-state index is -0.434. The van der Waals surface area contributed by atoms with Crippen LogP contribution in [0.4, 0.5) is 0 Å². The summed E-state index contributed by atoms with van der Waals surface area (Å²) in [5.41, 5.74) is 3.08. The number of nitriles is 1. The molecule has 1 heterocycles. The van der Waals surface area contributed by atoms with Gasteiger partial charge in [-0.25, -0.2) is 4.79 Å². The van der Waals surface area contributed by atoms with Crippen molar-refractivity contribution >= 4 is 23.5 Å². The van der Waals surface area contributed by atoms with Crippen molar-refractivity contribution in [3.63, 3.8) is 0 Å². The molecule has 1 unspecified atom stereocenters. The van der Waals surface area contributed by atoms with Gasteiger partial charge in [-0.15, -0.1) is 0 Å². The van der Waals surface area contributed by atoms with Crippen LogP contribution in [-0.2, 0) is 20.9 Å². The molecule has 2 aromatic carbocycles. The average Bonchev–Trinajstić information content (AvgIpc) is 2.71. The zero-order valence-corrected chi connectivity index (χ0v) is 17.1. The van der Waals surface area contributed by atoms with Crippen LogP contribution in [0.2, 0.25) is 5.02 Å². The van der Waals surface area contributed by atoms with Crippen LogP contribution in [0, 0.1) is 11.3 Å². The third-order valence-corrected chi connectivity index (χ3v) is 5.31. The van der Waals surface area contributed by atoms with Gasteiger partial charge in [-0.2, -0.15) is 5.26 Å². The van der Waals surface area contributed by atoms with Crippen LogP contribution in [0.1, 0.15) is 42.9 Å². The van der Waals surface area contributed by atoms with E-state index >= 15 is 0 Å². The van der Waals surface area contributed by atoms with Crippen LogP contribution < -0.4 is 0 Å². The standard InChI is InChI=1S/C23H21ClN2O3/c1-3-29-23(28)22-15(2)26(14-18-7-5-4-6-17(18)13-25)21(27)12-20(22)16-8-10-19(24)11-9-16/h4-11,20H,3,12,14H2,1-2H3. The van der Waals surface area contributed by atoms with Gasteiger partial charge in [0.05, 0.1) is 30.4 Å². The molecule has 2 aromatic rings. The highest BCUT2D eigenvalue weighted by Gasteiger charge is 2.37. The van der Waals surface area contributed by atoms with Gasteiger partial charge >= 0.3 is 5.97 Å². The Bertz CT molecular complexity index is 1010. The highest BCUT2D eigenvalue weighted by atomic mass is 35.5. The molecule has 0 saturated carbocycles. The highest BCUT2D eigenvalue weighted by Crippen LogP contribution is 2.38. The Hall–Kier alpha value is -3.10. The van der Waals surface area contributed by atoms with Crippen LogP contribution >= 0.6 is 11.6 Å². The molecule has 0 N–H and O–H groups in total. The summed E-state index contributed by atoms with van der Waals surface area (Å²) in [5.74, 6) is -0.944. The highest BCUT2D eigenvalue weighted by molar-refractivity contribution is 6.30. The number of amides is 1. The normalized spacial score (nSPS) is 16.6. The summed E-state index contributed by atoms with van der Waals surface area (Å²) in [7, 11) is 0. The lowest BCUT2D eigenvalue weighted by Crippen LogP contribution is -2.38. The molecule has 0 aliphatic carbocycles. The molecule has 1 aliphatic rings. The van der Waals surface area contributed by atoms with Gasteiger partial charge in [0.25, 0.3) is 0 Å². The fourth-order valence-corrected chi connectivity index (χ4v) is 3.72. The Balaban J connectivity index is 2.05. The number of ether oxygens (including phenoxy) is 1. The summed E-state index contributed by atoms with van der Waals surface area (Å²) in [6.45, 7) is 3.97. The molecule has 1 amide bonds. The molecule has 3 rings (SSSR count). The summed E-state index contributed by atoms with van der Waals surface area (Å²) in [5, 5.41) is 9.94. The molecule has 29 heavy (non-hydrogen) atoms. The Morgan fingerprint density at radius 3 is 2.59 bits per heavy atom. The SMILES string of the molecule is CCOC(=O)C1=C(C)N(Cc2ccccc2C#N)C(=O)CC1c1ccc(Cl)cc1. The second-order valence-electron chi connectivity index (χ2n) is 6.78. The van der Waals surface area contributed by atoms with E-state index in [1.807, 2.05) is 24.3 Å². The first kappa shape index (κ1) is 20.6. The van der Waals surface area contributed by atoms with Gasteiger partial charge in [-0.05, 0) is 43.2 Å². The van der Waals surface area contributed by atoms with Gasteiger partial charge in [0, 0.05) is 23.1 Å². The average molecular weight is 409 g/mol. The minimum Gasteiger partial charge on any atom is -0.463 e. The van der Waals surface area contributed by atoms with Gasteiger partial charge in [-0.1, -0.05) is 41.9 Å². The summed E-state index contributed by atoms with van der Waals surface area (Å²) < 4.78 is 5.29. The maximum atomic E-state index is 13.0. The molecule has 0 bridgehead atoms. The topological polar surface area (TPSA) is 70.4 Å². The van der Waals surface area contributed by atoms with Crippen LogP contribution in [0.15, 0.2) is 59.8 Å². The van der Waals surface area contributed by atoms with Crippen molar-refractivity contribution in [2.75, 3.05) is 6.61 Å². The lowest BCUT2D eigenvalue weighted by Gasteiger charge is -2.34. The van der Waals surface area contributed by atoms with Crippen LogP contribution in [0.3, 0.4) is 0 Å². The van der Waals surface area contributed by atoms with Gasteiger partial charge in [0.15, 0.2) is 0 Å². The Kier molecular flexibility index (Phi) is 6.36. The molecule has 0 radical (unpaired) electrons. The number of nitrogens with zero attached hydrogens (tertiary/aromatic N) is 2. The number of allylic oxidation sites excluding steroid dienone is 1. The van der Waals surface area contributed by atoms with Crippen LogP contribution in [-0.4, -0.2) is 23.4 Å². The fourth-order valence-electron chi connectivity index (χ4n) is 3.59. The zero-order valence-electron chi connectivity index (χ0n) is 16.3. The van der Waals surface area contributed by atoms with Crippen molar-refractivity contribution in [3.8, 4) is 6.07 Å². The zero-order chi connectivity index (χ0) is 21.0. The minimum absolute atomic E-state index is 0.108. The van der Waals surface area contributed by atoms with Gasteiger partial charge in [0.1, 0.15) is 0 Å². The molecule has 0 saturated heterocycles. The summed E-state index contributed by atoms with van der Waals surface area (Å²) >= 11 is 5.99. The molecule has 1 atom stereocenters. The van der Waals surface area contributed by atoms with Crippen molar-refractivity contribution < 1.29 is 14.3 Å². The second kappa shape index (κ2) is 8.93. The van der Waals surface area contributed by atoms with Crippen LogP contribution in [0.25, 0.3) is 0 Å². The van der Waals surface area contributed by atoms with Crippen molar-refractivity contribution in [2.45, 2.75) is 32.7 Å². The predicted molar refractivity (Wildman–Crippen MR) is 110 cm³/mol. The molecule has 5 nitrogen and oxygen atoms in total. The monoisotopic (exact) mass is 408 g/mol. The molecule has 148 valence electrons. The third kappa shape index (κ3) is 4.33. The van der Waals surface area contributed by atoms with E-state index in [1.165, 1.54) is 0 Å². The first-order valence-corrected chi connectivity index (χ1v) is 9.75. The lowest BCUT2D eigenvalue weighted by atomic mass is 9.83. The lowest BCUT2D eigenvalue weighted by molar-refractivity contribution is -0.140. The number of rotatable bonds is 5. The van der Waals surface area contributed by atoms with E-state index in [0.717, 1.165) is 11.1 Å². The third-order valence-electron chi connectivity index (χ3n) is 5.06. The van der Waals surface area contributed by atoms with Gasteiger partial charge < -0.3 is 9.64 Å². The quantitative estimate of drug-likeness (QED) is 0.679. The predicted octanol–water partition coefficient (Wildman–Crippen LogP) is 4.56. The first-order chi connectivity index (χ1) is 14.0. The van der Waals surface area contributed by atoms with E-state index in [1.54, 1.807) is 43.0 Å². The second-order valence-corrected chi connectivity index (χ2v) is 7.21. The van der Waals surface area contributed by atoms with E-state index in [4.69, 9.17) is 16.3 Å². The molecule has 0 fully saturated rings.